The van der Waals surface area contributed by atoms with Crippen molar-refractivity contribution in [2.24, 2.45) is 11.3 Å². The number of anilines is 1. The lowest BCUT2D eigenvalue weighted by Gasteiger charge is -2.39. The van der Waals surface area contributed by atoms with E-state index in [0.29, 0.717) is 13.1 Å². The topological polar surface area (TPSA) is 102 Å². The monoisotopic (exact) mass is 428 g/mol. The highest BCUT2D eigenvalue weighted by molar-refractivity contribution is 7.90. The first kappa shape index (κ1) is 20.0. The van der Waals surface area contributed by atoms with Crippen molar-refractivity contribution >= 4 is 21.8 Å². The van der Waals surface area contributed by atoms with E-state index in [1.54, 1.807) is 0 Å². The van der Waals surface area contributed by atoms with E-state index >= 15 is 0 Å². The number of nitrogens with zero attached hydrogens (tertiary/aromatic N) is 2. The van der Waals surface area contributed by atoms with Gasteiger partial charge in [-0.05, 0) is 49.8 Å². The van der Waals surface area contributed by atoms with Crippen LogP contribution in [0, 0.1) is 22.7 Å². The third-order valence-corrected chi connectivity index (χ3v) is 7.71. The molecule has 7 nitrogen and oxygen atoms in total. The molecule has 1 amide bonds. The largest absolute Gasteiger partial charge is 0.394 e. The van der Waals surface area contributed by atoms with Gasteiger partial charge in [-0.3, -0.25) is 9.52 Å². The van der Waals surface area contributed by atoms with Crippen molar-refractivity contribution in [3.05, 3.63) is 29.3 Å². The summed E-state index contributed by atoms with van der Waals surface area (Å²) in [5.41, 5.74) is -1.66. The van der Waals surface area contributed by atoms with Crippen LogP contribution < -0.4 is 10.0 Å². The maximum absolute atomic E-state index is 13.2. The van der Waals surface area contributed by atoms with Gasteiger partial charge in [-0.1, -0.05) is 0 Å². The molecule has 156 valence electrons. The van der Waals surface area contributed by atoms with Gasteiger partial charge >= 0.3 is 16.4 Å². The Balaban J connectivity index is 1.54. The number of carbonyl (C=O) groups is 1. The number of amides is 1. The zero-order chi connectivity index (χ0) is 21.0. The lowest BCUT2D eigenvalue weighted by atomic mass is 9.69. The molecule has 4 fully saturated rings. The van der Waals surface area contributed by atoms with E-state index in [4.69, 9.17) is 5.26 Å². The van der Waals surface area contributed by atoms with Crippen LogP contribution in [-0.4, -0.2) is 43.9 Å². The predicted molar refractivity (Wildman–Crippen MR) is 97.0 cm³/mol. The second kappa shape index (κ2) is 6.60. The van der Waals surface area contributed by atoms with Crippen molar-refractivity contribution in [3.63, 3.8) is 0 Å². The average molecular weight is 428 g/mol. The number of carbonyl (C=O) groups excluding carboxylic acids is 1. The number of alkyl halides is 3. The number of benzene rings is 1. The average Bonchev–Trinajstić information content (AvgIpc) is 3.06. The fourth-order valence-electron chi connectivity index (χ4n) is 4.37. The maximum Gasteiger partial charge on any atom is 0.394 e. The van der Waals surface area contributed by atoms with Gasteiger partial charge in [-0.2, -0.15) is 31.2 Å². The normalized spacial score (nSPS) is 28.8. The Kier molecular flexibility index (Phi) is 4.55. The minimum atomic E-state index is -4.30. The van der Waals surface area contributed by atoms with E-state index in [9.17, 15) is 26.4 Å². The van der Waals surface area contributed by atoms with Crippen LogP contribution in [0.5, 0.6) is 0 Å². The van der Waals surface area contributed by atoms with E-state index in [2.05, 4.69) is 10.0 Å². The van der Waals surface area contributed by atoms with Crippen molar-refractivity contribution in [1.29, 1.82) is 5.26 Å². The number of halogens is 3. The molecule has 5 rings (SSSR count). The van der Waals surface area contributed by atoms with Gasteiger partial charge < -0.3 is 5.32 Å². The van der Waals surface area contributed by atoms with E-state index in [-0.39, 0.29) is 42.0 Å². The van der Waals surface area contributed by atoms with Crippen LogP contribution in [0.1, 0.15) is 41.6 Å². The summed E-state index contributed by atoms with van der Waals surface area (Å²) in [5.74, 6) is -0.897. The summed E-state index contributed by atoms with van der Waals surface area (Å²) in [6, 6.07) is 5.19. The number of hydrogen-bond acceptors (Lipinski definition) is 4. The molecular weight excluding hydrogens is 409 g/mol. The van der Waals surface area contributed by atoms with Gasteiger partial charge in [-0.15, -0.1) is 0 Å². The number of fused-ring (bicyclic) bond motifs is 1. The molecule has 3 saturated carbocycles. The van der Waals surface area contributed by atoms with Gasteiger partial charge in [0.1, 0.15) is 0 Å². The lowest BCUT2D eigenvalue weighted by Crippen LogP contribution is -2.45. The van der Waals surface area contributed by atoms with Crippen LogP contribution in [0.15, 0.2) is 18.2 Å². The van der Waals surface area contributed by atoms with E-state index in [1.165, 1.54) is 22.5 Å². The highest BCUT2D eigenvalue weighted by Crippen LogP contribution is 2.65. The Labute approximate surface area is 166 Å². The Hall–Kier alpha value is -2.32. The zero-order valence-corrected chi connectivity index (χ0v) is 16.1. The van der Waals surface area contributed by atoms with Gasteiger partial charge in [0.25, 0.3) is 5.91 Å². The van der Waals surface area contributed by atoms with Gasteiger partial charge in [0, 0.05) is 19.1 Å². The Morgan fingerprint density at radius 2 is 1.93 bits per heavy atom. The number of nitriles is 1. The van der Waals surface area contributed by atoms with Crippen LogP contribution in [0.25, 0.3) is 0 Å². The van der Waals surface area contributed by atoms with E-state index in [0.717, 1.165) is 6.42 Å². The quantitative estimate of drug-likeness (QED) is 0.752. The summed E-state index contributed by atoms with van der Waals surface area (Å²) in [5, 5.41) is 11.7. The van der Waals surface area contributed by atoms with Crippen molar-refractivity contribution in [1.82, 2.24) is 9.62 Å². The first-order valence-corrected chi connectivity index (χ1v) is 10.7. The van der Waals surface area contributed by atoms with Crippen LogP contribution in [-0.2, 0) is 10.2 Å². The molecule has 0 radical (unpaired) electrons. The fourth-order valence-corrected chi connectivity index (χ4v) is 5.69. The van der Waals surface area contributed by atoms with Crippen molar-refractivity contribution in [2.45, 2.75) is 37.9 Å². The molecule has 1 heterocycles. The molecule has 4 aliphatic rings. The Morgan fingerprint density at radius 3 is 2.45 bits per heavy atom. The van der Waals surface area contributed by atoms with Gasteiger partial charge in [-0.25, -0.2) is 0 Å². The Bertz CT molecular complexity index is 993. The molecule has 1 aromatic carbocycles. The lowest BCUT2D eigenvalue weighted by molar-refractivity contribution is -0.244. The third-order valence-electron chi connectivity index (χ3n) is 6.19. The second-order valence-electron chi connectivity index (χ2n) is 7.96. The SMILES string of the molecule is N#Cc1ccc(C(=O)N[C@@H]2CC3(C(F)(F)F)CC2C3)c(NS(=O)(=O)N2CCC2)c1. The molecule has 2 bridgehead atoms. The summed E-state index contributed by atoms with van der Waals surface area (Å²) < 4.78 is 68.0. The number of hydrogen-bond donors (Lipinski definition) is 2. The molecule has 2 N–H and O–H groups in total. The van der Waals surface area contributed by atoms with Gasteiger partial charge in [0.05, 0.1) is 28.3 Å². The van der Waals surface area contributed by atoms with Gasteiger partial charge in [0.15, 0.2) is 0 Å². The zero-order valence-electron chi connectivity index (χ0n) is 15.3. The van der Waals surface area contributed by atoms with Gasteiger partial charge in [0.2, 0.25) is 0 Å². The van der Waals surface area contributed by atoms with E-state index in [1.807, 2.05) is 6.07 Å². The fraction of sp³-hybridized carbons (Fsp3) is 0.556. The molecule has 1 aromatic rings. The molecular formula is C18H19F3N4O3S. The van der Waals surface area contributed by atoms with Crippen LogP contribution in [0.4, 0.5) is 18.9 Å². The molecule has 1 atom stereocenters. The number of rotatable bonds is 5. The molecule has 0 spiro atoms. The molecule has 1 aliphatic heterocycles. The standard InChI is InChI=1S/C18H19F3N4O3S/c19-18(20,21)17-7-12(8-17)15(9-17)23-16(26)13-3-2-11(10-22)6-14(13)24-29(27,28)25-4-1-5-25/h2-3,6,12,15,24H,1,4-5,7-9H2,(H,23,26)/t12?,15-,17?/m1/s1. The smallest absolute Gasteiger partial charge is 0.349 e. The third kappa shape index (κ3) is 3.34. The first-order chi connectivity index (χ1) is 13.5. The van der Waals surface area contributed by atoms with E-state index < -0.39 is 33.7 Å². The minimum Gasteiger partial charge on any atom is -0.349 e. The predicted octanol–water partition coefficient (Wildman–Crippen LogP) is 2.38. The minimum absolute atomic E-state index is 0.00324. The van der Waals surface area contributed by atoms with Crippen LogP contribution >= 0.6 is 0 Å². The Morgan fingerprint density at radius 1 is 1.24 bits per heavy atom. The second-order valence-corrected chi connectivity index (χ2v) is 9.63. The van der Waals surface area contributed by atoms with Crippen molar-refractivity contribution in [2.75, 3.05) is 17.8 Å². The summed E-state index contributed by atoms with van der Waals surface area (Å²) in [7, 11) is -3.87. The summed E-state index contributed by atoms with van der Waals surface area (Å²) in [6.07, 6.45) is -3.73. The summed E-state index contributed by atoms with van der Waals surface area (Å²) >= 11 is 0. The molecule has 29 heavy (non-hydrogen) atoms. The number of nitrogens with one attached hydrogen (secondary N) is 2. The van der Waals surface area contributed by atoms with Crippen molar-refractivity contribution < 1.29 is 26.4 Å². The van der Waals surface area contributed by atoms with Crippen LogP contribution in [0.3, 0.4) is 0 Å². The molecule has 1 saturated heterocycles. The van der Waals surface area contributed by atoms with Crippen LogP contribution in [0.2, 0.25) is 0 Å². The first-order valence-electron chi connectivity index (χ1n) is 9.24. The summed E-state index contributed by atoms with van der Waals surface area (Å²) in [6.45, 7) is 0.718. The van der Waals surface area contributed by atoms with Crippen molar-refractivity contribution in [3.8, 4) is 6.07 Å². The maximum atomic E-state index is 13.2. The highest BCUT2D eigenvalue weighted by atomic mass is 32.2. The molecule has 11 heteroatoms. The highest BCUT2D eigenvalue weighted by Gasteiger charge is 2.69. The molecule has 0 aromatic heterocycles. The summed E-state index contributed by atoms with van der Waals surface area (Å²) in [4.78, 5) is 12.8. The molecule has 0 unspecified atom stereocenters. The molecule has 3 aliphatic carbocycles.